The Hall–Kier alpha value is -2.74. The van der Waals surface area contributed by atoms with E-state index in [2.05, 4.69) is 0 Å². The predicted octanol–water partition coefficient (Wildman–Crippen LogP) is 6.17. The van der Waals surface area contributed by atoms with Gasteiger partial charge in [0.15, 0.2) is 5.92 Å². The van der Waals surface area contributed by atoms with E-state index >= 15 is 0 Å². The molecule has 9 heteroatoms. The number of hydrogen-bond donors (Lipinski definition) is 0. The summed E-state index contributed by atoms with van der Waals surface area (Å²) in [6, 6.07) is 12.5. The summed E-state index contributed by atoms with van der Waals surface area (Å²) in [7, 11) is 3.34. The summed E-state index contributed by atoms with van der Waals surface area (Å²) in [5.74, 6) is -1.61. The van der Waals surface area contributed by atoms with Gasteiger partial charge in [0.25, 0.3) is 5.91 Å². The first-order valence-corrected chi connectivity index (χ1v) is 13.0. The van der Waals surface area contributed by atoms with Gasteiger partial charge in [-0.15, -0.1) is 0 Å². The van der Waals surface area contributed by atoms with Crippen LogP contribution in [0.25, 0.3) is 0 Å². The van der Waals surface area contributed by atoms with Crippen molar-refractivity contribution in [2.24, 2.45) is 11.8 Å². The van der Waals surface area contributed by atoms with E-state index in [0.717, 1.165) is 19.3 Å². The van der Waals surface area contributed by atoms with Gasteiger partial charge < -0.3 is 14.5 Å². The molecule has 2 fully saturated rings. The maximum absolute atomic E-state index is 13.7. The molecule has 1 atom stereocenters. The molecule has 0 N–H and O–H groups in total. The van der Waals surface area contributed by atoms with Gasteiger partial charge >= 0.3 is 6.18 Å². The van der Waals surface area contributed by atoms with Crippen molar-refractivity contribution in [1.82, 2.24) is 9.80 Å². The molecular weight excluding hydrogens is 505 g/mol. The van der Waals surface area contributed by atoms with E-state index in [1.54, 1.807) is 38.4 Å². The summed E-state index contributed by atoms with van der Waals surface area (Å²) in [6.07, 6.45) is -0.327. The zero-order chi connectivity index (χ0) is 26.7. The maximum Gasteiger partial charge on any atom is 0.404 e. The highest BCUT2D eigenvalue weighted by molar-refractivity contribution is 6.34. The molecule has 0 aromatic heterocycles. The fourth-order valence-electron chi connectivity index (χ4n) is 5.30. The number of likely N-dealkylation sites (tertiary alicyclic amines) is 1. The molecule has 0 radical (unpaired) electrons. The molecular formula is C28H32ClF3N2O3. The number of ether oxygens (including phenoxy) is 1. The third-order valence-electron chi connectivity index (χ3n) is 7.37. The molecule has 2 aromatic carbocycles. The Morgan fingerprint density at radius 2 is 1.70 bits per heavy atom. The van der Waals surface area contributed by atoms with Crippen LogP contribution in [0.3, 0.4) is 0 Å². The zero-order valence-electron chi connectivity index (χ0n) is 21.0. The number of carbonyl (C=O) groups is 2. The van der Waals surface area contributed by atoms with Crippen LogP contribution in [0.4, 0.5) is 13.2 Å². The molecule has 1 aliphatic carbocycles. The molecule has 1 heterocycles. The standard InChI is InChI=1S/C28H32ClF3N2O3/c1-33(2)26(35)23-9-8-21(17-24(23)29)37-22-15-19(16-22)14-18-10-12-34(13-11-18)27(36)25(28(30,31)32)20-6-4-3-5-7-20/h3-9,17-19,22,25H,10-16H2,1-2H3. The van der Waals surface area contributed by atoms with Crippen LogP contribution in [-0.4, -0.2) is 61.1 Å². The molecule has 1 saturated heterocycles. The van der Waals surface area contributed by atoms with E-state index in [9.17, 15) is 22.8 Å². The maximum atomic E-state index is 13.7. The van der Waals surface area contributed by atoms with Gasteiger partial charge in [0.05, 0.1) is 16.7 Å². The van der Waals surface area contributed by atoms with Crippen LogP contribution in [0.2, 0.25) is 5.02 Å². The summed E-state index contributed by atoms with van der Waals surface area (Å²) in [6.45, 7) is 0.707. The summed E-state index contributed by atoms with van der Waals surface area (Å²) in [4.78, 5) is 27.8. The molecule has 2 aromatic rings. The Kier molecular flexibility index (Phi) is 8.36. The van der Waals surface area contributed by atoms with Gasteiger partial charge in [-0.3, -0.25) is 9.59 Å². The van der Waals surface area contributed by atoms with Crippen LogP contribution in [-0.2, 0) is 4.79 Å². The van der Waals surface area contributed by atoms with E-state index in [0.29, 0.717) is 54.1 Å². The minimum Gasteiger partial charge on any atom is -0.490 e. The smallest absolute Gasteiger partial charge is 0.404 e. The molecule has 1 aliphatic heterocycles. The Labute approximate surface area is 220 Å². The summed E-state index contributed by atoms with van der Waals surface area (Å²) in [5, 5.41) is 0.355. The summed E-state index contributed by atoms with van der Waals surface area (Å²) in [5.41, 5.74) is 0.420. The van der Waals surface area contributed by atoms with Gasteiger partial charge in [-0.1, -0.05) is 41.9 Å². The average Bonchev–Trinajstić information content (AvgIpc) is 2.82. The molecule has 0 bridgehead atoms. The molecule has 1 saturated carbocycles. The van der Waals surface area contributed by atoms with E-state index in [1.807, 2.05) is 0 Å². The molecule has 0 spiro atoms. The fraction of sp³-hybridized carbons (Fsp3) is 0.500. The van der Waals surface area contributed by atoms with E-state index < -0.39 is 18.0 Å². The van der Waals surface area contributed by atoms with Crippen molar-refractivity contribution in [3.8, 4) is 5.75 Å². The second kappa shape index (κ2) is 11.3. The van der Waals surface area contributed by atoms with Crippen LogP contribution in [0, 0.1) is 11.8 Å². The lowest BCUT2D eigenvalue weighted by Crippen LogP contribution is -2.45. The van der Waals surface area contributed by atoms with Crippen molar-refractivity contribution in [1.29, 1.82) is 0 Å². The monoisotopic (exact) mass is 536 g/mol. The lowest BCUT2D eigenvalue weighted by atomic mass is 9.74. The third-order valence-corrected chi connectivity index (χ3v) is 7.69. The minimum atomic E-state index is -4.62. The number of hydrogen-bond acceptors (Lipinski definition) is 3. The largest absolute Gasteiger partial charge is 0.490 e. The highest BCUT2D eigenvalue weighted by atomic mass is 35.5. The predicted molar refractivity (Wildman–Crippen MR) is 136 cm³/mol. The van der Waals surface area contributed by atoms with Gasteiger partial charge in [-0.2, -0.15) is 13.2 Å². The number of piperidine rings is 1. The van der Waals surface area contributed by atoms with Gasteiger partial charge in [0, 0.05) is 27.2 Å². The van der Waals surface area contributed by atoms with Crippen LogP contribution in [0.5, 0.6) is 5.75 Å². The average molecular weight is 537 g/mol. The molecule has 5 nitrogen and oxygen atoms in total. The first-order chi connectivity index (χ1) is 17.5. The SMILES string of the molecule is CN(C)C(=O)c1ccc(OC2CC(CC3CCN(C(=O)C(c4ccccc4)C(F)(F)F)CC3)C2)cc1Cl. The quantitative estimate of drug-likeness (QED) is 0.425. The number of alkyl halides is 3. The second-order valence-electron chi connectivity index (χ2n) is 10.3. The number of nitrogens with zero attached hydrogens (tertiary/aromatic N) is 2. The van der Waals surface area contributed by atoms with Gasteiger partial charge in [0.1, 0.15) is 5.75 Å². The molecule has 200 valence electrons. The zero-order valence-corrected chi connectivity index (χ0v) is 21.8. The number of carbonyl (C=O) groups excluding carboxylic acids is 2. The normalized spacial score (nSPS) is 21.2. The Bertz CT molecular complexity index is 1100. The molecule has 2 aliphatic rings. The Balaban J connectivity index is 1.23. The van der Waals surface area contributed by atoms with Crippen LogP contribution in [0.15, 0.2) is 48.5 Å². The minimum absolute atomic E-state index is 0.0112. The highest BCUT2D eigenvalue weighted by Crippen LogP contribution is 2.40. The first kappa shape index (κ1) is 27.3. The van der Waals surface area contributed by atoms with Crippen molar-refractivity contribution in [3.63, 3.8) is 0 Å². The topological polar surface area (TPSA) is 49.9 Å². The van der Waals surface area contributed by atoms with E-state index in [4.69, 9.17) is 16.3 Å². The first-order valence-electron chi connectivity index (χ1n) is 12.6. The fourth-order valence-corrected chi connectivity index (χ4v) is 5.55. The Morgan fingerprint density at radius 3 is 2.27 bits per heavy atom. The molecule has 2 amide bonds. The number of halogens is 4. The molecule has 4 rings (SSSR count). The van der Waals surface area contributed by atoms with Crippen molar-refractivity contribution < 1.29 is 27.5 Å². The van der Waals surface area contributed by atoms with Crippen molar-refractivity contribution in [2.45, 2.75) is 50.3 Å². The van der Waals surface area contributed by atoms with E-state index in [-0.39, 0.29) is 17.6 Å². The highest BCUT2D eigenvalue weighted by Gasteiger charge is 2.48. The summed E-state index contributed by atoms with van der Waals surface area (Å²) < 4.78 is 47.2. The number of rotatable bonds is 7. The molecule has 1 unspecified atom stereocenters. The second-order valence-corrected chi connectivity index (χ2v) is 10.7. The lowest BCUT2D eigenvalue weighted by molar-refractivity contribution is -0.173. The third kappa shape index (κ3) is 6.58. The van der Waals surface area contributed by atoms with Crippen molar-refractivity contribution >= 4 is 23.4 Å². The van der Waals surface area contributed by atoms with E-state index in [1.165, 1.54) is 34.1 Å². The van der Waals surface area contributed by atoms with Crippen LogP contribution >= 0.6 is 11.6 Å². The van der Waals surface area contributed by atoms with Gasteiger partial charge in [-0.25, -0.2) is 0 Å². The van der Waals surface area contributed by atoms with Crippen LogP contribution in [0.1, 0.15) is 53.9 Å². The van der Waals surface area contributed by atoms with Gasteiger partial charge in [0.2, 0.25) is 5.91 Å². The van der Waals surface area contributed by atoms with Gasteiger partial charge in [-0.05, 0) is 67.7 Å². The van der Waals surface area contributed by atoms with Crippen molar-refractivity contribution in [3.05, 3.63) is 64.7 Å². The molecule has 37 heavy (non-hydrogen) atoms. The summed E-state index contributed by atoms with van der Waals surface area (Å²) >= 11 is 6.27. The van der Waals surface area contributed by atoms with Crippen molar-refractivity contribution in [2.75, 3.05) is 27.2 Å². The Morgan fingerprint density at radius 1 is 1.05 bits per heavy atom. The number of amides is 2. The van der Waals surface area contributed by atoms with Crippen LogP contribution < -0.4 is 4.74 Å². The number of benzene rings is 2. The lowest BCUT2D eigenvalue weighted by Gasteiger charge is -2.40.